The van der Waals surface area contributed by atoms with Gasteiger partial charge in [0.1, 0.15) is 5.82 Å². The second-order valence-corrected chi connectivity index (χ2v) is 7.01. The Balaban J connectivity index is 1.44. The molecule has 1 unspecified atom stereocenters. The van der Waals surface area contributed by atoms with Crippen LogP contribution in [0.3, 0.4) is 0 Å². The number of carbonyl (C=O) groups is 1. The fraction of sp³-hybridized carbons (Fsp3) is 0.471. The maximum atomic E-state index is 12.8. The number of ether oxygens (including phenoxy) is 1. The molecule has 1 aliphatic rings. The van der Waals surface area contributed by atoms with Crippen LogP contribution in [0.15, 0.2) is 34.2 Å². The molecule has 1 aromatic carbocycles. The van der Waals surface area contributed by atoms with Crippen LogP contribution in [0.4, 0.5) is 4.39 Å². The van der Waals surface area contributed by atoms with Crippen LogP contribution in [0.2, 0.25) is 0 Å². The van der Waals surface area contributed by atoms with Crippen LogP contribution in [0, 0.1) is 5.82 Å². The summed E-state index contributed by atoms with van der Waals surface area (Å²) in [5.41, 5.74) is 0.664. The van der Waals surface area contributed by atoms with Gasteiger partial charge in [-0.25, -0.2) is 14.3 Å². The monoisotopic (exact) mass is 380 g/mol. The predicted molar refractivity (Wildman–Crippen MR) is 95.7 cm³/mol. The van der Waals surface area contributed by atoms with Crippen molar-refractivity contribution in [3.63, 3.8) is 0 Å². The summed E-state index contributed by atoms with van der Waals surface area (Å²) in [5, 5.41) is 9.70. The lowest BCUT2D eigenvalue weighted by molar-refractivity contribution is -0.118. The molecule has 9 heteroatoms. The van der Waals surface area contributed by atoms with E-state index in [1.807, 2.05) is 0 Å². The summed E-state index contributed by atoms with van der Waals surface area (Å²) in [4.78, 5) is 23.9. The van der Waals surface area contributed by atoms with Gasteiger partial charge in [-0.1, -0.05) is 23.9 Å². The van der Waals surface area contributed by atoms with Gasteiger partial charge in [0, 0.05) is 13.2 Å². The maximum Gasteiger partial charge on any atom is 0.344 e. The highest BCUT2D eigenvalue weighted by molar-refractivity contribution is 7.99. The van der Waals surface area contributed by atoms with Crippen molar-refractivity contribution in [1.29, 1.82) is 0 Å². The van der Waals surface area contributed by atoms with E-state index in [-0.39, 0.29) is 29.3 Å². The van der Waals surface area contributed by atoms with E-state index in [1.54, 1.807) is 12.1 Å². The topological polar surface area (TPSA) is 89.0 Å². The highest BCUT2D eigenvalue weighted by Crippen LogP contribution is 2.17. The summed E-state index contributed by atoms with van der Waals surface area (Å²) < 4.78 is 19.9. The van der Waals surface area contributed by atoms with Gasteiger partial charge in [-0.2, -0.15) is 0 Å². The molecule has 0 aliphatic carbocycles. The number of nitrogens with zero attached hydrogens (tertiary/aromatic N) is 2. The number of amides is 1. The van der Waals surface area contributed by atoms with Crippen LogP contribution >= 0.6 is 11.8 Å². The van der Waals surface area contributed by atoms with Gasteiger partial charge in [-0.15, -0.1) is 5.10 Å². The number of thioether (sulfide) groups is 1. The maximum absolute atomic E-state index is 12.8. The van der Waals surface area contributed by atoms with Crippen molar-refractivity contribution in [1.82, 2.24) is 20.1 Å². The van der Waals surface area contributed by atoms with E-state index in [1.165, 1.54) is 28.5 Å². The Hall–Kier alpha value is -2.13. The van der Waals surface area contributed by atoms with E-state index in [9.17, 15) is 14.0 Å². The SMILES string of the molecule is O=C(CSc1n[nH]c(=O)n1CC1CCCO1)NCCc1ccc(F)cc1. The lowest BCUT2D eigenvalue weighted by atomic mass is 10.1. The van der Waals surface area contributed by atoms with E-state index in [0.29, 0.717) is 24.7 Å². The second-order valence-electron chi connectivity index (χ2n) is 6.07. The smallest absolute Gasteiger partial charge is 0.344 e. The first-order valence-electron chi connectivity index (χ1n) is 8.52. The minimum Gasteiger partial charge on any atom is -0.376 e. The third-order valence-corrected chi connectivity index (χ3v) is 5.09. The fourth-order valence-corrected chi connectivity index (χ4v) is 3.53. The molecule has 1 saturated heterocycles. The van der Waals surface area contributed by atoms with Gasteiger partial charge >= 0.3 is 5.69 Å². The van der Waals surface area contributed by atoms with E-state index in [2.05, 4.69) is 15.5 Å². The van der Waals surface area contributed by atoms with E-state index in [4.69, 9.17) is 4.74 Å². The molecular formula is C17H21FN4O3S. The number of hydrogen-bond acceptors (Lipinski definition) is 5. The summed E-state index contributed by atoms with van der Waals surface area (Å²) in [5.74, 6) is -0.252. The number of aromatic nitrogens is 3. The lowest BCUT2D eigenvalue weighted by Gasteiger charge is -2.11. The molecule has 2 N–H and O–H groups in total. The average Bonchev–Trinajstić information content (AvgIpc) is 3.26. The Labute approximate surface area is 154 Å². The Morgan fingerprint density at radius 2 is 2.23 bits per heavy atom. The Morgan fingerprint density at radius 3 is 2.96 bits per heavy atom. The van der Waals surface area contributed by atoms with Crippen molar-refractivity contribution < 1.29 is 13.9 Å². The van der Waals surface area contributed by atoms with Crippen LogP contribution in [-0.2, 0) is 22.5 Å². The van der Waals surface area contributed by atoms with Crippen LogP contribution in [0.25, 0.3) is 0 Å². The van der Waals surface area contributed by atoms with Gasteiger partial charge in [0.05, 0.1) is 18.4 Å². The average molecular weight is 380 g/mol. The molecule has 1 atom stereocenters. The normalized spacial score (nSPS) is 16.7. The van der Waals surface area contributed by atoms with E-state index in [0.717, 1.165) is 25.0 Å². The molecule has 1 amide bonds. The van der Waals surface area contributed by atoms with Crippen molar-refractivity contribution >= 4 is 17.7 Å². The number of aromatic amines is 1. The molecule has 0 radical (unpaired) electrons. The summed E-state index contributed by atoms with van der Waals surface area (Å²) in [7, 11) is 0. The summed E-state index contributed by atoms with van der Waals surface area (Å²) in [6.07, 6.45) is 2.57. The van der Waals surface area contributed by atoms with Crippen molar-refractivity contribution in [2.45, 2.75) is 37.1 Å². The van der Waals surface area contributed by atoms with Crippen molar-refractivity contribution in [3.8, 4) is 0 Å². The highest BCUT2D eigenvalue weighted by atomic mass is 32.2. The van der Waals surface area contributed by atoms with Crippen LogP contribution in [0.1, 0.15) is 18.4 Å². The molecule has 1 aliphatic heterocycles. The molecule has 1 fully saturated rings. The molecule has 26 heavy (non-hydrogen) atoms. The third-order valence-electron chi connectivity index (χ3n) is 4.11. The van der Waals surface area contributed by atoms with Crippen LogP contribution < -0.4 is 11.0 Å². The van der Waals surface area contributed by atoms with Gasteiger partial charge in [0.15, 0.2) is 5.16 Å². The van der Waals surface area contributed by atoms with Gasteiger partial charge in [0.25, 0.3) is 0 Å². The second kappa shape index (κ2) is 9.00. The molecule has 3 rings (SSSR count). The minimum absolute atomic E-state index is 0.0224. The quantitative estimate of drug-likeness (QED) is 0.675. The molecule has 140 valence electrons. The zero-order chi connectivity index (χ0) is 18.4. The first-order chi connectivity index (χ1) is 12.6. The van der Waals surface area contributed by atoms with Crippen LogP contribution in [-0.4, -0.2) is 45.7 Å². The van der Waals surface area contributed by atoms with Gasteiger partial charge in [-0.3, -0.25) is 9.36 Å². The number of H-pyrrole nitrogens is 1. The zero-order valence-corrected chi connectivity index (χ0v) is 15.1. The first kappa shape index (κ1) is 18.7. The number of nitrogens with one attached hydrogen (secondary N) is 2. The van der Waals surface area contributed by atoms with Crippen molar-refractivity contribution in [2.75, 3.05) is 18.9 Å². The summed E-state index contributed by atoms with van der Waals surface area (Å²) in [6.45, 7) is 1.63. The Morgan fingerprint density at radius 1 is 1.42 bits per heavy atom. The Kier molecular flexibility index (Phi) is 6.45. The molecule has 2 heterocycles. The fourth-order valence-electron chi connectivity index (χ4n) is 2.74. The number of hydrogen-bond donors (Lipinski definition) is 2. The van der Waals surface area contributed by atoms with Gasteiger partial charge in [0.2, 0.25) is 5.91 Å². The van der Waals surface area contributed by atoms with E-state index < -0.39 is 0 Å². The molecule has 1 aromatic heterocycles. The zero-order valence-electron chi connectivity index (χ0n) is 14.2. The lowest BCUT2D eigenvalue weighted by Crippen LogP contribution is -2.28. The van der Waals surface area contributed by atoms with Gasteiger partial charge in [-0.05, 0) is 37.0 Å². The number of carbonyl (C=O) groups excluding carboxylic acids is 1. The summed E-state index contributed by atoms with van der Waals surface area (Å²) in [6, 6.07) is 6.20. The highest BCUT2D eigenvalue weighted by Gasteiger charge is 2.20. The first-order valence-corrected chi connectivity index (χ1v) is 9.51. The molecule has 0 bridgehead atoms. The number of halogens is 1. The molecule has 0 spiro atoms. The number of benzene rings is 1. The largest absolute Gasteiger partial charge is 0.376 e. The minimum atomic E-state index is -0.292. The molecule has 2 aromatic rings. The van der Waals surface area contributed by atoms with E-state index >= 15 is 0 Å². The van der Waals surface area contributed by atoms with Crippen molar-refractivity contribution in [3.05, 3.63) is 46.1 Å². The number of rotatable bonds is 8. The Bertz CT molecular complexity index is 784. The summed E-state index contributed by atoms with van der Waals surface area (Å²) >= 11 is 1.21. The molecule has 7 nitrogen and oxygen atoms in total. The standard InChI is InChI=1S/C17H21FN4O3S/c18-13-5-3-12(4-6-13)7-8-19-15(23)11-26-17-21-20-16(24)22(17)10-14-2-1-9-25-14/h3-6,14H,1-2,7-11H2,(H,19,23)(H,20,24). The van der Waals surface area contributed by atoms with Crippen molar-refractivity contribution in [2.24, 2.45) is 0 Å². The molecule has 0 saturated carbocycles. The predicted octanol–water partition coefficient (Wildman–Crippen LogP) is 1.34. The molecular weight excluding hydrogens is 359 g/mol. The third kappa shape index (κ3) is 5.18. The van der Waals surface area contributed by atoms with Crippen LogP contribution in [0.5, 0.6) is 0 Å². The van der Waals surface area contributed by atoms with Gasteiger partial charge < -0.3 is 10.1 Å².